The zero-order valence-electron chi connectivity index (χ0n) is 9.24. The summed E-state index contributed by atoms with van der Waals surface area (Å²) in [6.07, 6.45) is -1.96. The van der Waals surface area contributed by atoms with Crippen LogP contribution in [0.25, 0.3) is 0 Å². The van der Waals surface area contributed by atoms with E-state index in [0.717, 1.165) is 11.3 Å². The van der Waals surface area contributed by atoms with Gasteiger partial charge in [0.15, 0.2) is 0 Å². The largest absolute Gasteiger partial charge is 0.389 e. The van der Waals surface area contributed by atoms with Gasteiger partial charge in [0.25, 0.3) is 0 Å². The highest BCUT2D eigenvalue weighted by atomic mass is 16.3. The third-order valence-electron chi connectivity index (χ3n) is 2.99. The highest BCUT2D eigenvalue weighted by molar-refractivity contribution is 5.55. The topological polar surface area (TPSA) is 63.9 Å². The first-order chi connectivity index (χ1) is 7.59. The number of benzene rings is 1. The van der Waals surface area contributed by atoms with Gasteiger partial charge in [-0.05, 0) is 13.0 Å². The third-order valence-corrected chi connectivity index (χ3v) is 2.99. The minimum atomic E-state index is -0.706. The van der Waals surface area contributed by atoms with Crippen LogP contribution in [0.15, 0.2) is 24.3 Å². The minimum absolute atomic E-state index is 0.408. The average molecular weight is 223 g/mol. The van der Waals surface area contributed by atoms with E-state index in [0.29, 0.717) is 13.1 Å². The van der Waals surface area contributed by atoms with Crippen LogP contribution in [0.1, 0.15) is 18.6 Å². The molecular weight excluding hydrogens is 206 g/mol. The molecule has 0 bridgehead atoms. The van der Waals surface area contributed by atoms with Crippen molar-refractivity contribution in [3.8, 4) is 0 Å². The SMILES string of the molecule is CC(O)c1ccccc1N1CC(O)C(O)C1. The van der Waals surface area contributed by atoms with E-state index in [4.69, 9.17) is 0 Å². The average Bonchev–Trinajstić information content (AvgIpc) is 2.59. The third kappa shape index (κ3) is 2.04. The van der Waals surface area contributed by atoms with E-state index in [9.17, 15) is 15.3 Å². The van der Waals surface area contributed by atoms with Crippen LogP contribution in [0.3, 0.4) is 0 Å². The Bertz CT molecular complexity index is 357. The van der Waals surface area contributed by atoms with Gasteiger partial charge >= 0.3 is 0 Å². The van der Waals surface area contributed by atoms with E-state index in [1.807, 2.05) is 29.2 Å². The first-order valence-corrected chi connectivity index (χ1v) is 5.47. The van der Waals surface area contributed by atoms with Gasteiger partial charge in [-0.1, -0.05) is 18.2 Å². The number of aliphatic hydroxyl groups is 3. The molecule has 1 aliphatic rings. The van der Waals surface area contributed by atoms with Crippen molar-refractivity contribution in [3.05, 3.63) is 29.8 Å². The lowest BCUT2D eigenvalue weighted by Gasteiger charge is -2.22. The summed E-state index contributed by atoms with van der Waals surface area (Å²) < 4.78 is 0. The molecule has 0 aliphatic carbocycles. The van der Waals surface area contributed by atoms with Crippen molar-refractivity contribution in [3.63, 3.8) is 0 Å². The zero-order chi connectivity index (χ0) is 11.7. The Morgan fingerprint density at radius 2 is 1.75 bits per heavy atom. The quantitative estimate of drug-likeness (QED) is 0.674. The maximum Gasteiger partial charge on any atom is 0.0990 e. The summed E-state index contributed by atoms with van der Waals surface area (Å²) >= 11 is 0. The van der Waals surface area contributed by atoms with Crippen molar-refractivity contribution in [1.82, 2.24) is 0 Å². The van der Waals surface area contributed by atoms with Crippen molar-refractivity contribution in [2.45, 2.75) is 25.2 Å². The molecule has 3 unspecified atom stereocenters. The molecule has 0 saturated carbocycles. The Kier molecular flexibility index (Phi) is 3.14. The molecule has 88 valence electrons. The van der Waals surface area contributed by atoms with Gasteiger partial charge in [0, 0.05) is 24.3 Å². The second-order valence-corrected chi connectivity index (χ2v) is 4.27. The summed E-state index contributed by atoms with van der Waals surface area (Å²) in [5, 5.41) is 28.7. The van der Waals surface area contributed by atoms with E-state index >= 15 is 0 Å². The Morgan fingerprint density at radius 3 is 2.31 bits per heavy atom. The Hall–Kier alpha value is -1.10. The number of anilines is 1. The molecule has 16 heavy (non-hydrogen) atoms. The summed E-state index contributed by atoms with van der Waals surface area (Å²) in [6.45, 7) is 2.53. The standard InChI is InChI=1S/C12H17NO3/c1-8(14)9-4-2-3-5-10(9)13-6-11(15)12(16)7-13/h2-5,8,11-12,14-16H,6-7H2,1H3. The van der Waals surface area contributed by atoms with E-state index in [2.05, 4.69) is 0 Å². The van der Waals surface area contributed by atoms with Crippen LogP contribution in [0.2, 0.25) is 0 Å². The fourth-order valence-corrected chi connectivity index (χ4v) is 2.09. The molecule has 0 spiro atoms. The van der Waals surface area contributed by atoms with Gasteiger partial charge < -0.3 is 20.2 Å². The summed E-state index contributed by atoms with van der Waals surface area (Å²) in [4.78, 5) is 1.90. The summed E-state index contributed by atoms with van der Waals surface area (Å²) in [6, 6.07) is 7.51. The van der Waals surface area contributed by atoms with Crippen molar-refractivity contribution in [1.29, 1.82) is 0 Å². The van der Waals surface area contributed by atoms with Crippen molar-refractivity contribution in [2.24, 2.45) is 0 Å². The molecule has 1 aromatic carbocycles. The number of hydrogen-bond acceptors (Lipinski definition) is 4. The van der Waals surface area contributed by atoms with Crippen LogP contribution in [0, 0.1) is 0 Å². The van der Waals surface area contributed by atoms with Gasteiger partial charge in [-0.2, -0.15) is 0 Å². The normalized spacial score (nSPS) is 27.1. The maximum atomic E-state index is 9.65. The second kappa shape index (κ2) is 4.41. The maximum absolute atomic E-state index is 9.65. The summed E-state index contributed by atoms with van der Waals surface area (Å²) in [7, 11) is 0. The molecule has 4 heteroatoms. The smallest absolute Gasteiger partial charge is 0.0990 e. The molecular formula is C12H17NO3. The first-order valence-electron chi connectivity index (χ1n) is 5.47. The van der Waals surface area contributed by atoms with Crippen LogP contribution in [-0.2, 0) is 0 Å². The summed E-state index contributed by atoms with van der Waals surface area (Å²) in [5.74, 6) is 0. The van der Waals surface area contributed by atoms with Crippen LogP contribution >= 0.6 is 0 Å². The number of rotatable bonds is 2. The van der Waals surface area contributed by atoms with Gasteiger partial charge in [-0.3, -0.25) is 0 Å². The molecule has 1 aromatic rings. The van der Waals surface area contributed by atoms with E-state index in [1.165, 1.54) is 0 Å². The zero-order valence-corrected chi connectivity index (χ0v) is 9.24. The van der Waals surface area contributed by atoms with Crippen molar-refractivity contribution >= 4 is 5.69 Å². The fraction of sp³-hybridized carbons (Fsp3) is 0.500. The Balaban J connectivity index is 2.27. The van der Waals surface area contributed by atoms with E-state index in [-0.39, 0.29) is 0 Å². The van der Waals surface area contributed by atoms with Gasteiger partial charge in [-0.15, -0.1) is 0 Å². The molecule has 1 aliphatic heterocycles. The predicted molar refractivity (Wildman–Crippen MR) is 61.3 cm³/mol. The number of β-amino-alcohol motifs (C(OH)–C–C–N with tert-alkyl or cyclic N) is 2. The van der Waals surface area contributed by atoms with Crippen LogP contribution in [0.5, 0.6) is 0 Å². The molecule has 4 nitrogen and oxygen atoms in total. The summed E-state index contributed by atoms with van der Waals surface area (Å²) in [5.41, 5.74) is 1.71. The molecule has 0 aromatic heterocycles. The van der Waals surface area contributed by atoms with Gasteiger partial charge in [0.05, 0.1) is 18.3 Å². The lowest BCUT2D eigenvalue weighted by molar-refractivity contribution is 0.0572. The molecule has 1 saturated heterocycles. The van der Waals surface area contributed by atoms with E-state index in [1.54, 1.807) is 6.92 Å². The Morgan fingerprint density at radius 1 is 1.19 bits per heavy atom. The Labute approximate surface area is 94.8 Å². The molecule has 1 heterocycles. The second-order valence-electron chi connectivity index (χ2n) is 4.27. The predicted octanol–water partition coefficient (Wildman–Crippen LogP) is 0.282. The van der Waals surface area contributed by atoms with Crippen molar-refractivity contribution in [2.75, 3.05) is 18.0 Å². The van der Waals surface area contributed by atoms with Crippen LogP contribution in [-0.4, -0.2) is 40.6 Å². The molecule has 3 atom stereocenters. The molecule has 3 N–H and O–H groups in total. The lowest BCUT2D eigenvalue weighted by Crippen LogP contribution is -2.22. The van der Waals surface area contributed by atoms with Gasteiger partial charge in [0.1, 0.15) is 0 Å². The molecule has 0 radical (unpaired) electrons. The monoisotopic (exact) mass is 223 g/mol. The van der Waals surface area contributed by atoms with Crippen LogP contribution in [0.4, 0.5) is 5.69 Å². The number of nitrogens with zero attached hydrogens (tertiary/aromatic N) is 1. The first kappa shape index (κ1) is 11.4. The number of para-hydroxylation sites is 1. The molecule has 1 fully saturated rings. The van der Waals surface area contributed by atoms with Gasteiger partial charge in [0.2, 0.25) is 0 Å². The minimum Gasteiger partial charge on any atom is -0.389 e. The highest BCUT2D eigenvalue weighted by Crippen LogP contribution is 2.28. The number of aliphatic hydroxyl groups excluding tert-OH is 3. The van der Waals surface area contributed by atoms with Crippen molar-refractivity contribution < 1.29 is 15.3 Å². The number of hydrogen-bond donors (Lipinski definition) is 3. The molecule has 0 amide bonds. The van der Waals surface area contributed by atoms with E-state index < -0.39 is 18.3 Å². The lowest BCUT2D eigenvalue weighted by atomic mass is 10.1. The highest BCUT2D eigenvalue weighted by Gasteiger charge is 2.30. The fourth-order valence-electron chi connectivity index (χ4n) is 2.09. The van der Waals surface area contributed by atoms with Gasteiger partial charge in [-0.25, -0.2) is 0 Å². The van der Waals surface area contributed by atoms with Crippen LogP contribution < -0.4 is 4.90 Å². The molecule has 2 rings (SSSR count).